The standard InChI is InChI=1S/C11H9F2N3OS/c12-7-1-6(2-8(13)3-7)4-15-10(17)9-5-16-11(14)18-9/h1-3,5H,4H2,(H2,14,16)(H,15,17). The molecule has 2 rings (SSSR count). The van der Waals surface area contributed by atoms with Crippen LogP contribution in [0.4, 0.5) is 13.9 Å². The highest BCUT2D eigenvalue weighted by Gasteiger charge is 2.09. The highest BCUT2D eigenvalue weighted by Crippen LogP contribution is 2.14. The average molecular weight is 269 g/mol. The molecule has 0 unspecified atom stereocenters. The topological polar surface area (TPSA) is 68.0 Å². The number of aromatic nitrogens is 1. The van der Waals surface area contributed by atoms with Crippen molar-refractivity contribution < 1.29 is 13.6 Å². The lowest BCUT2D eigenvalue weighted by molar-refractivity contribution is 0.0954. The number of carbonyl (C=O) groups is 1. The minimum atomic E-state index is -0.679. The third-order valence-electron chi connectivity index (χ3n) is 2.12. The van der Waals surface area contributed by atoms with Crippen LogP contribution in [0.1, 0.15) is 15.2 Å². The van der Waals surface area contributed by atoms with Crippen molar-refractivity contribution >= 4 is 22.4 Å². The zero-order chi connectivity index (χ0) is 13.1. The maximum atomic E-state index is 12.9. The summed E-state index contributed by atoms with van der Waals surface area (Å²) in [6.45, 7) is 0.0331. The van der Waals surface area contributed by atoms with Gasteiger partial charge >= 0.3 is 0 Å². The molecular weight excluding hydrogens is 260 g/mol. The molecule has 1 heterocycles. The van der Waals surface area contributed by atoms with E-state index >= 15 is 0 Å². The van der Waals surface area contributed by atoms with Crippen molar-refractivity contribution in [3.8, 4) is 0 Å². The van der Waals surface area contributed by atoms with E-state index in [1.807, 2.05) is 0 Å². The van der Waals surface area contributed by atoms with Gasteiger partial charge in [-0.3, -0.25) is 4.79 Å². The minimum Gasteiger partial charge on any atom is -0.375 e. The predicted octanol–water partition coefficient (Wildman–Crippen LogP) is 1.93. The number of amides is 1. The maximum Gasteiger partial charge on any atom is 0.263 e. The molecule has 7 heteroatoms. The fourth-order valence-corrected chi connectivity index (χ4v) is 1.98. The van der Waals surface area contributed by atoms with Crippen molar-refractivity contribution in [1.29, 1.82) is 0 Å². The fourth-order valence-electron chi connectivity index (χ4n) is 1.38. The molecule has 2 aromatic rings. The Balaban J connectivity index is 2.01. The van der Waals surface area contributed by atoms with Crippen LogP contribution in [0.5, 0.6) is 0 Å². The van der Waals surface area contributed by atoms with Gasteiger partial charge in [0.25, 0.3) is 5.91 Å². The Morgan fingerprint density at radius 1 is 1.33 bits per heavy atom. The molecule has 94 valence electrons. The van der Waals surface area contributed by atoms with Gasteiger partial charge in [0, 0.05) is 12.6 Å². The molecule has 1 amide bonds. The number of hydrogen-bond donors (Lipinski definition) is 2. The number of benzene rings is 1. The Morgan fingerprint density at radius 3 is 2.56 bits per heavy atom. The van der Waals surface area contributed by atoms with Gasteiger partial charge in [0.1, 0.15) is 16.5 Å². The normalized spacial score (nSPS) is 10.3. The largest absolute Gasteiger partial charge is 0.375 e. The van der Waals surface area contributed by atoms with Crippen molar-refractivity contribution in [2.24, 2.45) is 0 Å². The van der Waals surface area contributed by atoms with Crippen LogP contribution in [0, 0.1) is 11.6 Å². The van der Waals surface area contributed by atoms with E-state index in [0.29, 0.717) is 10.4 Å². The summed E-state index contributed by atoms with van der Waals surface area (Å²) in [4.78, 5) is 15.7. The summed E-state index contributed by atoms with van der Waals surface area (Å²) in [5.41, 5.74) is 5.74. The molecule has 0 atom stereocenters. The van der Waals surface area contributed by atoms with E-state index in [2.05, 4.69) is 10.3 Å². The number of hydrogen-bond acceptors (Lipinski definition) is 4. The lowest BCUT2D eigenvalue weighted by Gasteiger charge is -2.04. The summed E-state index contributed by atoms with van der Waals surface area (Å²) < 4.78 is 25.8. The first-order valence-corrected chi connectivity index (χ1v) is 5.81. The molecular formula is C11H9F2N3OS. The van der Waals surface area contributed by atoms with Crippen LogP contribution in [-0.2, 0) is 6.54 Å². The van der Waals surface area contributed by atoms with Crippen LogP contribution < -0.4 is 11.1 Å². The number of nitrogens with two attached hydrogens (primary N) is 1. The van der Waals surface area contributed by atoms with Crippen molar-refractivity contribution in [2.45, 2.75) is 6.54 Å². The van der Waals surface area contributed by atoms with Gasteiger partial charge in [0.2, 0.25) is 0 Å². The molecule has 0 radical (unpaired) electrons. The predicted molar refractivity (Wildman–Crippen MR) is 64.1 cm³/mol. The van der Waals surface area contributed by atoms with E-state index in [4.69, 9.17) is 5.73 Å². The van der Waals surface area contributed by atoms with Crippen molar-refractivity contribution in [3.63, 3.8) is 0 Å². The molecule has 0 aliphatic heterocycles. The molecule has 0 fully saturated rings. The SMILES string of the molecule is Nc1ncc(C(=O)NCc2cc(F)cc(F)c2)s1. The first-order chi connectivity index (χ1) is 8.54. The fraction of sp³-hybridized carbons (Fsp3) is 0.0909. The maximum absolute atomic E-state index is 12.9. The first kappa shape index (κ1) is 12.4. The number of nitrogens with zero attached hydrogens (tertiary/aromatic N) is 1. The van der Waals surface area contributed by atoms with E-state index in [9.17, 15) is 13.6 Å². The Bertz CT molecular complexity index is 565. The van der Waals surface area contributed by atoms with Gasteiger partial charge in [-0.05, 0) is 17.7 Å². The highest BCUT2D eigenvalue weighted by atomic mass is 32.1. The van der Waals surface area contributed by atoms with Gasteiger partial charge in [-0.2, -0.15) is 0 Å². The number of carbonyl (C=O) groups excluding carboxylic acids is 1. The third kappa shape index (κ3) is 3.01. The van der Waals surface area contributed by atoms with Crippen LogP contribution in [0.25, 0.3) is 0 Å². The van der Waals surface area contributed by atoms with Crippen LogP contribution in [0.2, 0.25) is 0 Å². The number of nitrogen functional groups attached to an aromatic ring is 1. The summed E-state index contributed by atoms with van der Waals surface area (Å²) in [5.74, 6) is -1.74. The van der Waals surface area contributed by atoms with Crippen molar-refractivity contribution in [3.05, 3.63) is 46.5 Å². The third-order valence-corrected chi connectivity index (χ3v) is 2.95. The quantitative estimate of drug-likeness (QED) is 0.894. The average Bonchev–Trinajstić information content (AvgIpc) is 2.71. The number of halogens is 2. The Hall–Kier alpha value is -2.02. The van der Waals surface area contributed by atoms with Crippen LogP contribution in [-0.4, -0.2) is 10.9 Å². The molecule has 1 aromatic carbocycles. The van der Waals surface area contributed by atoms with E-state index in [1.165, 1.54) is 6.20 Å². The molecule has 0 bridgehead atoms. The highest BCUT2D eigenvalue weighted by molar-refractivity contribution is 7.17. The smallest absolute Gasteiger partial charge is 0.263 e. The second-order valence-corrected chi connectivity index (χ2v) is 4.59. The molecule has 3 N–H and O–H groups in total. The van der Waals surface area contributed by atoms with Gasteiger partial charge in [-0.25, -0.2) is 13.8 Å². The zero-order valence-corrected chi connectivity index (χ0v) is 9.93. The Morgan fingerprint density at radius 2 is 2.00 bits per heavy atom. The number of nitrogens with one attached hydrogen (secondary N) is 1. The second kappa shape index (κ2) is 5.09. The van der Waals surface area contributed by atoms with Gasteiger partial charge in [-0.15, -0.1) is 0 Å². The lowest BCUT2D eigenvalue weighted by Crippen LogP contribution is -2.21. The van der Waals surface area contributed by atoms with Crippen LogP contribution in [0.15, 0.2) is 24.4 Å². The molecule has 18 heavy (non-hydrogen) atoms. The second-order valence-electron chi connectivity index (χ2n) is 3.52. The monoisotopic (exact) mass is 269 g/mol. The van der Waals surface area contributed by atoms with E-state index in [1.54, 1.807) is 0 Å². The molecule has 0 saturated carbocycles. The van der Waals surface area contributed by atoms with Crippen molar-refractivity contribution in [1.82, 2.24) is 10.3 Å². The van der Waals surface area contributed by atoms with E-state index in [-0.39, 0.29) is 17.6 Å². The van der Waals surface area contributed by atoms with Crippen LogP contribution in [0.3, 0.4) is 0 Å². The Kier molecular flexibility index (Phi) is 3.52. The molecule has 1 aromatic heterocycles. The van der Waals surface area contributed by atoms with E-state index in [0.717, 1.165) is 29.5 Å². The first-order valence-electron chi connectivity index (χ1n) is 4.99. The number of anilines is 1. The summed E-state index contributed by atoms with van der Waals surface area (Å²) >= 11 is 1.04. The summed E-state index contributed by atoms with van der Waals surface area (Å²) in [6.07, 6.45) is 1.35. The molecule has 4 nitrogen and oxygen atoms in total. The molecule has 0 aliphatic carbocycles. The number of rotatable bonds is 3. The summed E-state index contributed by atoms with van der Waals surface area (Å²) in [7, 11) is 0. The van der Waals surface area contributed by atoms with E-state index < -0.39 is 11.6 Å². The van der Waals surface area contributed by atoms with Gasteiger partial charge < -0.3 is 11.1 Å². The lowest BCUT2D eigenvalue weighted by atomic mass is 10.2. The molecule has 0 aliphatic rings. The molecule has 0 spiro atoms. The minimum absolute atomic E-state index is 0.0331. The summed E-state index contributed by atoms with van der Waals surface area (Å²) in [5, 5.41) is 2.81. The summed E-state index contributed by atoms with van der Waals surface area (Å²) in [6, 6.07) is 3.09. The van der Waals surface area contributed by atoms with Gasteiger partial charge in [0.05, 0.1) is 6.20 Å². The molecule has 0 saturated heterocycles. The van der Waals surface area contributed by atoms with Gasteiger partial charge in [-0.1, -0.05) is 11.3 Å². The zero-order valence-electron chi connectivity index (χ0n) is 9.11. The number of thiazole rings is 1. The van der Waals surface area contributed by atoms with Crippen molar-refractivity contribution in [2.75, 3.05) is 5.73 Å². The van der Waals surface area contributed by atoms with Crippen LogP contribution >= 0.6 is 11.3 Å². The Labute approximate surface area is 105 Å². The van der Waals surface area contributed by atoms with Gasteiger partial charge in [0.15, 0.2) is 5.13 Å².